The van der Waals surface area contributed by atoms with E-state index >= 15 is 0 Å². The maximum absolute atomic E-state index is 13.2. The third-order valence-electron chi connectivity index (χ3n) is 5.82. The van der Waals surface area contributed by atoms with Gasteiger partial charge in [-0.25, -0.2) is 4.98 Å². The highest BCUT2D eigenvalue weighted by atomic mass is 19.4. The van der Waals surface area contributed by atoms with E-state index in [1.54, 1.807) is 0 Å². The Morgan fingerprint density at radius 1 is 1.06 bits per heavy atom. The van der Waals surface area contributed by atoms with Gasteiger partial charge >= 0.3 is 6.18 Å². The average molecular weight is 434 g/mol. The molecule has 0 radical (unpaired) electrons. The van der Waals surface area contributed by atoms with E-state index in [1.165, 1.54) is 6.07 Å². The molecule has 3 rings (SSSR count). The van der Waals surface area contributed by atoms with Crippen LogP contribution in [0.3, 0.4) is 0 Å². The van der Waals surface area contributed by atoms with Gasteiger partial charge in [-0.05, 0) is 75.3 Å². The second-order valence-electron chi connectivity index (χ2n) is 7.75. The molecular weight excluding hydrogens is 403 g/mol. The van der Waals surface area contributed by atoms with E-state index in [1.807, 2.05) is 36.6 Å². The van der Waals surface area contributed by atoms with Crippen molar-refractivity contribution in [1.29, 1.82) is 0 Å². The maximum atomic E-state index is 13.2. The molecule has 3 aromatic rings. The van der Waals surface area contributed by atoms with E-state index < -0.39 is 11.7 Å². The fourth-order valence-corrected chi connectivity index (χ4v) is 3.73. The molecule has 4 nitrogen and oxygen atoms in total. The quantitative estimate of drug-likeness (QED) is 0.416. The molecule has 0 spiro atoms. The fraction of sp³-hybridized carbons (Fsp3) is 0.458. The SMILES string of the molecule is CCN(CC)CCCn1c(COc2cccc(C)c2C)nc2cc(C(F)(F)F)ccc21. The third kappa shape index (κ3) is 5.39. The smallest absolute Gasteiger partial charge is 0.416 e. The van der Waals surface area contributed by atoms with Gasteiger partial charge < -0.3 is 14.2 Å². The van der Waals surface area contributed by atoms with E-state index in [9.17, 15) is 13.2 Å². The van der Waals surface area contributed by atoms with Crippen molar-refractivity contribution in [2.45, 2.75) is 53.4 Å². The van der Waals surface area contributed by atoms with E-state index in [2.05, 4.69) is 23.7 Å². The maximum Gasteiger partial charge on any atom is 0.416 e. The highest BCUT2D eigenvalue weighted by Crippen LogP contribution is 2.32. The summed E-state index contributed by atoms with van der Waals surface area (Å²) in [6.45, 7) is 12.0. The Morgan fingerprint density at radius 3 is 2.48 bits per heavy atom. The molecular formula is C24H30F3N3O. The van der Waals surface area contributed by atoms with Gasteiger partial charge in [0, 0.05) is 6.54 Å². The van der Waals surface area contributed by atoms with Crippen LogP contribution in [0.4, 0.5) is 13.2 Å². The Bertz CT molecular complexity index is 1020. The highest BCUT2D eigenvalue weighted by Gasteiger charge is 2.31. The lowest BCUT2D eigenvalue weighted by Gasteiger charge is -2.18. The average Bonchev–Trinajstić information content (AvgIpc) is 3.08. The molecule has 0 saturated heterocycles. The molecule has 2 aromatic carbocycles. The highest BCUT2D eigenvalue weighted by molar-refractivity contribution is 5.77. The van der Waals surface area contributed by atoms with Gasteiger partial charge in [-0.2, -0.15) is 13.2 Å². The molecule has 0 fully saturated rings. The van der Waals surface area contributed by atoms with Crippen LogP contribution in [0.25, 0.3) is 11.0 Å². The molecule has 0 bridgehead atoms. The van der Waals surface area contributed by atoms with Gasteiger partial charge in [0.15, 0.2) is 0 Å². The Balaban J connectivity index is 1.90. The first-order valence-corrected chi connectivity index (χ1v) is 10.7. The Morgan fingerprint density at radius 2 is 1.81 bits per heavy atom. The third-order valence-corrected chi connectivity index (χ3v) is 5.82. The molecule has 168 valence electrons. The van der Waals surface area contributed by atoms with Crippen molar-refractivity contribution < 1.29 is 17.9 Å². The topological polar surface area (TPSA) is 30.3 Å². The Labute approximate surface area is 181 Å². The zero-order chi connectivity index (χ0) is 22.6. The van der Waals surface area contributed by atoms with Gasteiger partial charge in [0.2, 0.25) is 0 Å². The van der Waals surface area contributed by atoms with Crippen LogP contribution >= 0.6 is 0 Å². The molecule has 0 saturated carbocycles. The van der Waals surface area contributed by atoms with Crippen LogP contribution in [0.2, 0.25) is 0 Å². The number of imidazole rings is 1. The van der Waals surface area contributed by atoms with E-state index in [0.29, 0.717) is 23.4 Å². The number of alkyl halides is 3. The molecule has 0 atom stereocenters. The predicted molar refractivity (Wildman–Crippen MR) is 117 cm³/mol. The number of aromatic nitrogens is 2. The Hall–Kier alpha value is -2.54. The summed E-state index contributed by atoms with van der Waals surface area (Å²) < 4.78 is 47.6. The summed E-state index contributed by atoms with van der Waals surface area (Å²) in [5, 5.41) is 0. The van der Waals surface area contributed by atoms with E-state index in [4.69, 9.17) is 4.74 Å². The molecule has 31 heavy (non-hydrogen) atoms. The molecule has 1 heterocycles. The Kier molecular flexibility index (Phi) is 7.26. The zero-order valence-corrected chi connectivity index (χ0v) is 18.6. The number of aryl methyl sites for hydroxylation is 2. The number of ether oxygens (including phenoxy) is 1. The van der Waals surface area contributed by atoms with Gasteiger partial charge in [-0.3, -0.25) is 0 Å². The normalized spacial score (nSPS) is 12.1. The molecule has 1 aromatic heterocycles. The summed E-state index contributed by atoms with van der Waals surface area (Å²) in [6, 6.07) is 9.61. The van der Waals surface area contributed by atoms with Crippen LogP contribution in [0.15, 0.2) is 36.4 Å². The molecule has 0 amide bonds. The number of fused-ring (bicyclic) bond motifs is 1. The first-order chi connectivity index (χ1) is 14.7. The lowest BCUT2D eigenvalue weighted by Crippen LogP contribution is -2.25. The van der Waals surface area contributed by atoms with Crippen LogP contribution in [0, 0.1) is 13.8 Å². The number of benzene rings is 2. The van der Waals surface area contributed by atoms with Crippen molar-refractivity contribution >= 4 is 11.0 Å². The lowest BCUT2D eigenvalue weighted by molar-refractivity contribution is -0.137. The minimum absolute atomic E-state index is 0.200. The lowest BCUT2D eigenvalue weighted by atomic mass is 10.1. The van der Waals surface area contributed by atoms with Gasteiger partial charge in [-0.15, -0.1) is 0 Å². The van der Waals surface area contributed by atoms with Crippen LogP contribution in [0.5, 0.6) is 5.75 Å². The van der Waals surface area contributed by atoms with Gasteiger partial charge in [0.25, 0.3) is 0 Å². The summed E-state index contributed by atoms with van der Waals surface area (Å²) in [5.74, 6) is 1.40. The number of hydrogen-bond donors (Lipinski definition) is 0. The monoisotopic (exact) mass is 433 g/mol. The standard InChI is InChI=1S/C24H30F3N3O/c1-5-29(6-2)13-8-14-30-21-12-11-19(24(25,26)27)15-20(21)28-23(30)16-31-22-10-7-9-17(3)18(22)4/h7,9-12,15H,5-6,8,13-14,16H2,1-4H3. The van der Waals surface area contributed by atoms with Gasteiger partial charge in [0.1, 0.15) is 18.2 Å². The summed E-state index contributed by atoms with van der Waals surface area (Å²) in [5.41, 5.74) is 2.53. The molecule has 0 aliphatic carbocycles. The minimum Gasteiger partial charge on any atom is -0.485 e. The van der Waals surface area contributed by atoms with Gasteiger partial charge in [-0.1, -0.05) is 26.0 Å². The summed E-state index contributed by atoms with van der Waals surface area (Å²) in [7, 11) is 0. The molecule has 0 N–H and O–H groups in total. The first-order valence-electron chi connectivity index (χ1n) is 10.7. The fourth-order valence-electron chi connectivity index (χ4n) is 3.73. The van der Waals surface area contributed by atoms with Crippen LogP contribution in [-0.4, -0.2) is 34.1 Å². The van der Waals surface area contributed by atoms with E-state index in [-0.39, 0.29) is 6.61 Å². The second-order valence-corrected chi connectivity index (χ2v) is 7.75. The summed E-state index contributed by atoms with van der Waals surface area (Å²) in [6.07, 6.45) is -3.51. The number of hydrogen-bond acceptors (Lipinski definition) is 3. The summed E-state index contributed by atoms with van der Waals surface area (Å²) in [4.78, 5) is 6.84. The predicted octanol–water partition coefficient (Wildman–Crippen LogP) is 5.98. The molecule has 0 aliphatic heterocycles. The molecule has 7 heteroatoms. The van der Waals surface area contributed by atoms with Crippen molar-refractivity contribution in [1.82, 2.24) is 14.5 Å². The minimum atomic E-state index is -4.39. The molecule has 0 unspecified atom stereocenters. The van der Waals surface area contributed by atoms with Crippen LogP contribution in [0.1, 0.15) is 42.8 Å². The van der Waals surface area contributed by atoms with Crippen molar-refractivity contribution in [3.8, 4) is 5.75 Å². The van der Waals surface area contributed by atoms with Crippen molar-refractivity contribution in [3.05, 3.63) is 58.9 Å². The van der Waals surface area contributed by atoms with Gasteiger partial charge in [0.05, 0.1) is 16.6 Å². The zero-order valence-electron chi connectivity index (χ0n) is 18.6. The summed E-state index contributed by atoms with van der Waals surface area (Å²) >= 11 is 0. The number of rotatable bonds is 9. The number of nitrogens with zero attached hydrogens (tertiary/aromatic N) is 3. The van der Waals surface area contributed by atoms with Crippen molar-refractivity contribution in [3.63, 3.8) is 0 Å². The first kappa shape index (κ1) is 23.1. The van der Waals surface area contributed by atoms with Crippen LogP contribution < -0.4 is 4.74 Å². The van der Waals surface area contributed by atoms with Crippen molar-refractivity contribution in [2.24, 2.45) is 0 Å². The van der Waals surface area contributed by atoms with E-state index in [0.717, 1.165) is 55.1 Å². The van der Waals surface area contributed by atoms with Crippen molar-refractivity contribution in [2.75, 3.05) is 19.6 Å². The molecule has 0 aliphatic rings. The largest absolute Gasteiger partial charge is 0.485 e. The second kappa shape index (κ2) is 9.73. The van der Waals surface area contributed by atoms with Crippen LogP contribution in [-0.2, 0) is 19.3 Å². The number of halogens is 3.